The van der Waals surface area contributed by atoms with Gasteiger partial charge in [0.25, 0.3) is 0 Å². The maximum Gasteiger partial charge on any atom is 0.169 e. The second kappa shape index (κ2) is 8.53. The van der Waals surface area contributed by atoms with Gasteiger partial charge in [0.15, 0.2) is 6.29 Å². The van der Waals surface area contributed by atoms with Crippen LogP contribution in [0.3, 0.4) is 0 Å². The molecule has 1 aliphatic heterocycles. The molecular formula is C12H21IO2. The van der Waals surface area contributed by atoms with Gasteiger partial charge in [-0.2, -0.15) is 0 Å². The van der Waals surface area contributed by atoms with E-state index >= 15 is 0 Å². The van der Waals surface area contributed by atoms with Crippen LogP contribution in [0.5, 0.6) is 0 Å². The van der Waals surface area contributed by atoms with Gasteiger partial charge in [0.05, 0.1) is 10.5 Å². The first-order chi connectivity index (χ1) is 7.34. The highest BCUT2D eigenvalue weighted by atomic mass is 127. The quantitative estimate of drug-likeness (QED) is 0.416. The molecule has 88 valence electrons. The Morgan fingerprint density at radius 3 is 2.80 bits per heavy atom. The van der Waals surface area contributed by atoms with Crippen molar-refractivity contribution >= 4 is 22.6 Å². The second-order valence-corrected chi connectivity index (χ2v) is 5.52. The van der Waals surface area contributed by atoms with Gasteiger partial charge in [-0.05, 0) is 19.3 Å². The van der Waals surface area contributed by atoms with Gasteiger partial charge < -0.3 is 9.47 Å². The van der Waals surface area contributed by atoms with Crippen molar-refractivity contribution in [3.05, 3.63) is 12.2 Å². The van der Waals surface area contributed by atoms with Gasteiger partial charge in [0.2, 0.25) is 0 Å². The lowest BCUT2D eigenvalue weighted by molar-refractivity contribution is -0.112. The van der Waals surface area contributed by atoms with Crippen LogP contribution in [-0.4, -0.2) is 23.9 Å². The van der Waals surface area contributed by atoms with Gasteiger partial charge in [0.1, 0.15) is 0 Å². The van der Waals surface area contributed by atoms with Gasteiger partial charge in [-0.25, -0.2) is 0 Å². The predicted octanol–water partition coefficient (Wildman–Crippen LogP) is 3.69. The third-order valence-electron chi connectivity index (χ3n) is 2.65. The van der Waals surface area contributed by atoms with Gasteiger partial charge in [-0.1, -0.05) is 54.0 Å². The molecule has 0 bridgehead atoms. The van der Waals surface area contributed by atoms with E-state index in [4.69, 9.17) is 9.47 Å². The summed E-state index contributed by atoms with van der Waals surface area (Å²) in [6, 6.07) is 0. The zero-order valence-corrected chi connectivity index (χ0v) is 11.6. The monoisotopic (exact) mass is 324 g/mol. The summed E-state index contributed by atoms with van der Waals surface area (Å²) >= 11 is 2.44. The van der Waals surface area contributed by atoms with Crippen LogP contribution in [0.25, 0.3) is 0 Å². The van der Waals surface area contributed by atoms with Gasteiger partial charge in [-0.3, -0.25) is 0 Å². The molecule has 15 heavy (non-hydrogen) atoms. The molecule has 0 amide bonds. The van der Waals surface area contributed by atoms with Crippen molar-refractivity contribution in [2.24, 2.45) is 0 Å². The fraction of sp³-hybridized carbons (Fsp3) is 0.833. The summed E-state index contributed by atoms with van der Waals surface area (Å²) in [4.78, 5) is 0. The SMILES string of the molecule is COC1OC/C=C/CCCCCCC1I. The molecule has 0 N–H and O–H groups in total. The molecule has 0 fully saturated rings. The average Bonchev–Trinajstić information content (AvgIpc) is 2.23. The number of rotatable bonds is 1. The molecule has 0 aromatic heterocycles. The largest absolute Gasteiger partial charge is 0.355 e. The summed E-state index contributed by atoms with van der Waals surface area (Å²) in [5.74, 6) is 0. The van der Waals surface area contributed by atoms with E-state index in [1.807, 2.05) is 0 Å². The van der Waals surface area contributed by atoms with E-state index in [1.54, 1.807) is 7.11 Å². The Balaban J connectivity index is 2.40. The molecule has 2 atom stereocenters. The van der Waals surface area contributed by atoms with Crippen molar-refractivity contribution in [2.45, 2.75) is 48.7 Å². The smallest absolute Gasteiger partial charge is 0.169 e. The molecular weight excluding hydrogens is 303 g/mol. The maximum absolute atomic E-state index is 5.66. The Hall–Kier alpha value is 0.390. The van der Waals surface area contributed by atoms with Crippen LogP contribution in [0.2, 0.25) is 0 Å². The number of hydrogen-bond donors (Lipinski definition) is 0. The first-order valence-corrected chi connectivity index (χ1v) is 7.02. The second-order valence-electron chi connectivity index (χ2n) is 3.92. The minimum absolute atomic E-state index is 0.0466. The average molecular weight is 324 g/mol. The van der Waals surface area contributed by atoms with Crippen molar-refractivity contribution in [1.82, 2.24) is 0 Å². The molecule has 0 radical (unpaired) electrons. The zero-order chi connectivity index (χ0) is 10.9. The van der Waals surface area contributed by atoms with Crippen LogP contribution >= 0.6 is 22.6 Å². The Morgan fingerprint density at radius 2 is 2.00 bits per heavy atom. The van der Waals surface area contributed by atoms with Crippen LogP contribution in [0.4, 0.5) is 0 Å². The summed E-state index contributed by atoms with van der Waals surface area (Å²) in [5, 5.41) is 0. The van der Waals surface area contributed by atoms with Crippen molar-refractivity contribution in [3.8, 4) is 0 Å². The van der Waals surface area contributed by atoms with Gasteiger partial charge in [-0.15, -0.1) is 0 Å². The fourth-order valence-electron chi connectivity index (χ4n) is 1.75. The topological polar surface area (TPSA) is 18.5 Å². The molecule has 1 heterocycles. The van der Waals surface area contributed by atoms with Crippen molar-refractivity contribution < 1.29 is 9.47 Å². The predicted molar refractivity (Wildman–Crippen MR) is 71.4 cm³/mol. The Morgan fingerprint density at radius 1 is 1.20 bits per heavy atom. The zero-order valence-electron chi connectivity index (χ0n) is 9.45. The molecule has 2 nitrogen and oxygen atoms in total. The number of halogens is 1. The van der Waals surface area contributed by atoms with Crippen molar-refractivity contribution in [3.63, 3.8) is 0 Å². The van der Waals surface area contributed by atoms with E-state index < -0.39 is 0 Å². The fourth-order valence-corrected chi connectivity index (χ4v) is 2.69. The lowest BCUT2D eigenvalue weighted by atomic mass is 10.1. The Bertz CT molecular complexity index is 182. The first-order valence-electron chi connectivity index (χ1n) is 5.78. The van der Waals surface area contributed by atoms with Gasteiger partial charge >= 0.3 is 0 Å². The van der Waals surface area contributed by atoms with Gasteiger partial charge in [0, 0.05) is 7.11 Å². The summed E-state index contributed by atoms with van der Waals surface area (Å²) in [6.45, 7) is 0.679. The summed E-state index contributed by atoms with van der Waals surface area (Å²) in [7, 11) is 1.73. The van der Waals surface area contributed by atoms with E-state index in [9.17, 15) is 0 Å². The van der Waals surface area contributed by atoms with E-state index in [0.717, 1.165) is 0 Å². The molecule has 1 rings (SSSR count). The van der Waals surface area contributed by atoms with Crippen LogP contribution in [0.1, 0.15) is 38.5 Å². The summed E-state index contributed by atoms with van der Waals surface area (Å²) < 4.78 is 11.5. The molecule has 0 aromatic rings. The van der Waals surface area contributed by atoms with Crippen LogP contribution in [-0.2, 0) is 9.47 Å². The van der Waals surface area contributed by atoms with E-state index in [2.05, 4.69) is 34.7 Å². The number of ether oxygens (including phenoxy) is 2. The van der Waals surface area contributed by atoms with E-state index in [0.29, 0.717) is 10.5 Å². The van der Waals surface area contributed by atoms with E-state index in [-0.39, 0.29) is 6.29 Å². The highest BCUT2D eigenvalue weighted by Crippen LogP contribution is 2.19. The molecule has 0 aliphatic carbocycles. The van der Waals surface area contributed by atoms with Crippen molar-refractivity contribution in [2.75, 3.05) is 13.7 Å². The molecule has 0 spiro atoms. The van der Waals surface area contributed by atoms with E-state index in [1.165, 1.54) is 38.5 Å². The van der Waals surface area contributed by atoms with Crippen molar-refractivity contribution in [1.29, 1.82) is 0 Å². The summed E-state index contributed by atoms with van der Waals surface area (Å²) in [6.07, 6.45) is 12.0. The van der Waals surface area contributed by atoms with Crippen LogP contribution in [0, 0.1) is 0 Å². The first kappa shape index (κ1) is 13.5. The Kier molecular flexibility index (Phi) is 7.65. The minimum Gasteiger partial charge on any atom is -0.355 e. The molecule has 0 saturated carbocycles. The molecule has 0 saturated heterocycles. The number of methoxy groups -OCH3 is 1. The summed E-state index contributed by atoms with van der Waals surface area (Å²) in [5.41, 5.74) is 0. The lowest BCUT2D eigenvalue weighted by Crippen LogP contribution is -2.26. The molecule has 1 aliphatic rings. The van der Waals surface area contributed by atoms with Crippen LogP contribution < -0.4 is 0 Å². The standard InChI is InChI=1S/C12H21IO2/c1-14-12-11(13)9-7-5-3-2-4-6-8-10-15-12/h6,8,11-12H,2-5,7,9-10H2,1H3/b8-6+. The highest BCUT2D eigenvalue weighted by Gasteiger charge is 2.17. The number of allylic oxidation sites excluding steroid dienone is 1. The highest BCUT2D eigenvalue weighted by molar-refractivity contribution is 14.1. The Labute approximate surface area is 107 Å². The normalized spacial score (nSPS) is 32.7. The molecule has 2 unspecified atom stereocenters. The van der Waals surface area contributed by atoms with Crippen LogP contribution in [0.15, 0.2) is 12.2 Å². The number of alkyl halides is 1. The lowest BCUT2D eigenvalue weighted by Gasteiger charge is -2.21. The maximum atomic E-state index is 5.66. The molecule has 0 aromatic carbocycles. The third-order valence-corrected chi connectivity index (χ3v) is 3.86. The number of hydrogen-bond acceptors (Lipinski definition) is 2. The molecule has 3 heteroatoms. The third kappa shape index (κ3) is 5.88. The minimum atomic E-state index is -0.0466.